The maximum absolute atomic E-state index is 12.9. The van der Waals surface area contributed by atoms with Crippen LogP contribution >= 0.6 is 0 Å². The van der Waals surface area contributed by atoms with E-state index < -0.39 is 10.0 Å². The van der Waals surface area contributed by atoms with Crippen molar-refractivity contribution in [3.8, 4) is 5.88 Å². The number of nitrogens with zero attached hydrogens (tertiary/aromatic N) is 3. The summed E-state index contributed by atoms with van der Waals surface area (Å²) < 4.78 is 45.1. The van der Waals surface area contributed by atoms with Crippen molar-refractivity contribution in [1.29, 1.82) is 0 Å². The Morgan fingerprint density at radius 3 is 2.50 bits per heavy atom. The molecular weight excluding hydrogens is 333 g/mol. The molecule has 0 radical (unpaired) electrons. The van der Waals surface area contributed by atoms with Gasteiger partial charge in [-0.3, -0.25) is 0 Å². The van der Waals surface area contributed by atoms with Crippen molar-refractivity contribution in [1.82, 2.24) is 14.3 Å². The lowest BCUT2D eigenvalue weighted by molar-refractivity contribution is 0.129. The summed E-state index contributed by atoms with van der Waals surface area (Å²) in [5.74, 6) is 0.00139. The Bertz CT molecular complexity index is 761. The smallest absolute Gasteiger partial charge is 0.218 e. The Labute approximate surface area is 140 Å². The van der Waals surface area contributed by atoms with Crippen LogP contribution in [-0.2, 0) is 15.8 Å². The molecule has 6 nitrogen and oxygen atoms in total. The molecule has 0 unspecified atom stereocenters. The first-order valence-corrected chi connectivity index (χ1v) is 9.29. The van der Waals surface area contributed by atoms with Gasteiger partial charge in [0.2, 0.25) is 15.9 Å². The van der Waals surface area contributed by atoms with E-state index in [4.69, 9.17) is 4.74 Å². The average molecular weight is 351 g/mol. The molecule has 1 fully saturated rings. The fourth-order valence-electron chi connectivity index (χ4n) is 2.63. The fraction of sp³-hybridized carbons (Fsp3) is 0.375. The van der Waals surface area contributed by atoms with Gasteiger partial charge >= 0.3 is 0 Å². The first kappa shape index (κ1) is 16.8. The van der Waals surface area contributed by atoms with E-state index >= 15 is 0 Å². The van der Waals surface area contributed by atoms with Crippen LogP contribution in [-0.4, -0.2) is 41.9 Å². The van der Waals surface area contributed by atoms with Crippen molar-refractivity contribution in [2.45, 2.75) is 24.7 Å². The van der Waals surface area contributed by atoms with Gasteiger partial charge in [-0.05, 0) is 30.5 Å². The van der Waals surface area contributed by atoms with Crippen LogP contribution in [0.2, 0.25) is 0 Å². The van der Waals surface area contributed by atoms with Crippen LogP contribution < -0.4 is 4.74 Å². The maximum atomic E-state index is 12.9. The van der Waals surface area contributed by atoms with Crippen molar-refractivity contribution >= 4 is 10.0 Å². The van der Waals surface area contributed by atoms with Crippen LogP contribution in [0.25, 0.3) is 0 Å². The topological polar surface area (TPSA) is 72.4 Å². The van der Waals surface area contributed by atoms with Gasteiger partial charge in [0.15, 0.2) is 0 Å². The molecule has 0 saturated carbocycles. The minimum Gasteiger partial charge on any atom is -0.474 e. The van der Waals surface area contributed by atoms with E-state index in [-0.39, 0.29) is 17.7 Å². The van der Waals surface area contributed by atoms with Crippen LogP contribution in [0.4, 0.5) is 4.39 Å². The fourth-order valence-corrected chi connectivity index (χ4v) is 4.19. The highest BCUT2D eigenvalue weighted by Crippen LogP contribution is 2.20. The van der Waals surface area contributed by atoms with Crippen LogP contribution in [0.15, 0.2) is 42.9 Å². The first-order valence-electron chi connectivity index (χ1n) is 7.68. The van der Waals surface area contributed by atoms with Gasteiger partial charge in [-0.2, -0.15) is 0 Å². The Hall–Kier alpha value is -2.06. The molecule has 0 aliphatic carbocycles. The quantitative estimate of drug-likeness (QED) is 0.824. The van der Waals surface area contributed by atoms with E-state index in [1.54, 1.807) is 12.3 Å². The van der Waals surface area contributed by atoms with Gasteiger partial charge in [0, 0.05) is 25.4 Å². The molecule has 0 amide bonds. The summed E-state index contributed by atoms with van der Waals surface area (Å²) >= 11 is 0. The summed E-state index contributed by atoms with van der Waals surface area (Å²) in [6, 6.07) is 7.21. The molecule has 1 saturated heterocycles. The molecule has 1 aromatic heterocycles. The highest BCUT2D eigenvalue weighted by atomic mass is 32.2. The molecule has 0 atom stereocenters. The van der Waals surface area contributed by atoms with Gasteiger partial charge in [0.05, 0.1) is 5.75 Å². The second kappa shape index (κ2) is 7.23. The number of aromatic nitrogens is 2. The molecule has 1 aromatic carbocycles. The number of rotatable bonds is 5. The Kier molecular flexibility index (Phi) is 5.06. The van der Waals surface area contributed by atoms with Crippen LogP contribution in [0.5, 0.6) is 5.88 Å². The predicted octanol–water partition coefficient (Wildman–Crippen LogP) is 1.99. The van der Waals surface area contributed by atoms with Crippen LogP contribution in [0.1, 0.15) is 18.4 Å². The third-order valence-corrected chi connectivity index (χ3v) is 5.75. The molecule has 2 aromatic rings. The van der Waals surface area contributed by atoms with Gasteiger partial charge in [0.1, 0.15) is 18.2 Å². The predicted molar refractivity (Wildman–Crippen MR) is 86.3 cm³/mol. The summed E-state index contributed by atoms with van der Waals surface area (Å²) in [6.45, 7) is 0.804. The lowest BCUT2D eigenvalue weighted by atomic mass is 10.1. The zero-order valence-electron chi connectivity index (χ0n) is 13.0. The van der Waals surface area contributed by atoms with E-state index in [0.29, 0.717) is 37.4 Å². The standard InChI is InChI=1S/C16H18FN3O3S/c17-14-3-1-13(2-4-14)11-24(21,22)20-9-6-15(7-10-20)23-16-5-8-18-12-19-16/h1-5,8,12,15H,6-7,9-11H2. The molecule has 1 aliphatic rings. The van der Waals surface area contributed by atoms with Crippen LogP contribution in [0.3, 0.4) is 0 Å². The van der Waals surface area contributed by atoms with E-state index in [1.165, 1.54) is 34.9 Å². The molecule has 3 rings (SSSR count). The average Bonchev–Trinajstić information content (AvgIpc) is 2.58. The largest absolute Gasteiger partial charge is 0.474 e. The molecule has 0 bridgehead atoms. The molecule has 24 heavy (non-hydrogen) atoms. The van der Waals surface area contributed by atoms with E-state index in [0.717, 1.165) is 0 Å². The number of piperidine rings is 1. The van der Waals surface area contributed by atoms with Crippen molar-refractivity contribution in [3.05, 3.63) is 54.2 Å². The summed E-state index contributed by atoms with van der Waals surface area (Å²) in [4.78, 5) is 7.83. The van der Waals surface area contributed by atoms with Gasteiger partial charge in [0.25, 0.3) is 0 Å². The number of benzene rings is 1. The minimum absolute atomic E-state index is 0.0582. The summed E-state index contributed by atoms with van der Waals surface area (Å²) in [6.07, 6.45) is 4.17. The van der Waals surface area contributed by atoms with Crippen molar-refractivity contribution in [2.75, 3.05) is 13.1 Å². The highest BCUT2D eigenvalue weighted by molar-refractivity contribution is 7.88. The first-order chi connectivity index (χ1) is 11.5. The third kappa shape index (κ3) is 4.27. The monoisotopic (exact) mass is 351 g/mol. The number of halogens is 1. The van der Waals surface area contributed by atoms with Gasteiger partial charge in [-0.1, -0.05) is 12.1 Å². The second-order valence-electron chi connectivity index (χ2n) is 5.65. The van der Waals surface area contributed by atoms with E-state index in [9.17, 15) is 12.8 Å². The Morgan fingerprint density at radius 1 is 1.17 bits per heavy atom. The molecule has 0 N–H and O–H groups in total. The molecule has 128 valence electrons. The van der Waals surface area contributed by atoms with Crippen molar-refractivity contribution in [3.63, 3.8) is 0 Å². The number of hydrogen-bond acceptors (Lipinski definition) is 5. The van der Waals surface area contributed by atoms with Crippen molar-refractivity contribution in [2.24, 2.45) is 0 Å². The van der Waals surface area contributed by atoms with E-state index in [2.05, 4.69) is 9.97 Å². The lowest BCUT2D eigenvalue weighted by Gasteiger charge is -2.31. The number of ether oxygens (including phenoxy) is 1. The summed E-state index contributed by atoms with van der Waals surface area (Å²) in [7, 11) is -3.42. The maximum Gasteiger partial charge on any atom is 0.218 e. The van der Waals surface area contributed by atoms with Crippen molar-refractivity contribution < 1.29 is 17.5 Å². The van der Waals surface area contributed by atoms with E-state index in [1.807, 2.05) is 0 Å². The van der Waals surface area contributed by atoms with Gasteiger partial charge in [-0.25, -0.2) is 27.1 Å². The van der Waals surface area contributed by atoms with Gasteiger partial charge in [-0.15, -0.1) is 0 Å². The van der Waals surface area contributed by atoms with Gasteiger partial charge < -0.3 is 4.74 Å². The molecule has 1 aliphatic heterocycles. The summed E-state index contributed by atoms with van der Waals surface area (Å²) in [5.41, 5.74) is 0.579. The Morgan fingerprint density at radius 2 is 1.88 bits per heavy atom. The molecular formula is C16H18FN3O3S. The SMILES string of the molecule is O=S(=O)(Cc1ccc(F)cc1)N1CCC(Oc2ccncn2)CC1. The number of hydrogen-bond donors (Lipinski definition) is 0. The third-order valence-electron chi connectivity index (χ3n) is 3.90. The zero-order valence-corrected chi connectivity index (χ0v) is 13.8. The number of sulfonamides is 1. The normalized spacial score (nSPS) is 16.9. The minimum atomic E-state index is -3.42. The lowest BCUT2D eigenvalue weighted by Crippen LogP contribution is -2.42. The summed E-state index contributed by atoms with van der Waals surface area (Å²) in [5, 5.41) is 0. The molecule has 8 heteroatoms. The highest BCUT2D eigenvalue weighted by Gasteiger charge is 2.29. The second-order valence-corrected chi connectivity index (χ2v) is 7.62. The Balaban J connectivity index is 1.56. The zero-order chi connectivity index (χ0) is 17.0. The molecule has 0 spiro atoms. The molecule has 2 heterocycles. The van der Waals surface area contributed by atoms with Crippen LogP contribution in [0, 0.1) is 5.82 Å².